The first-order valence-corrected chi connectivity index (χ1v) is 10.1. The number of amides is 3. The Morgan fingerprint density at radius 2 is 1.23 bits per heavy atom. The zero-order valence-corrected chi connectivity index (χ0v) is 18.3. The maximum atomic E-state index is 12.9. The highest BCUT2D eigenvalue weighted by Gasteiger charge is 2.34. The van der Waals surface area contributed by atoms with E-state index < -0.39 is 66.9 Å². The summed E-state index contributed by atoms with van der Waals surface area (Å²) in [5, 5.41) is 34.1. The molecular weight excluding hydrogens is 412 g/mol. The SMILES string of the molecule is CCC(C)C(NC(=O)C(N)CC(=O)O)C(=O)NC(C(=O)NC(CO)C(=O)O)C(C)CC. The molecular formula is C19H34N4O8. The molecule has 0 radical (unpaired) electrons. The standard InChI is InChI=1S/C19H34N4O8/c1-5-9(3)14(17(28)21-12(8-24)19(30)31)23-18(29)15(10(4)6-2)22-16(27)11(20)7-13(25)26/h9-12,14-15,24H,5-8,20H2,1-4H3,(H,21,28)(H,22,27)(H,23,29)(H,25,26)(H,30,31). The van der Waals surface area contributed by atoms with E-state index in [1.165, 1.54) is 0 Å². The molecule has 0 aromatic rings. The second-order valence-electron chi connectivity index (χ2n) is 7.53. The monoisotopic (exact) mass is 446 g/mol. The van der Waals surface area contributed by atoms with E-state index in [1.807, 2.05) is 0 Å². The van der Waals surface area contributed by atoms with Crippen LogP contribution < -0.4 is 21.7 Å². The second-order valence-corrected chi connectivity index (χ2v) is 7.53. The number of carbonyl (C=O) groups excluding carboxylic acids is 3. The largest absolute Gasteiger partial charge is 0.481 e. The number of nitrogens with one attached hydrogen (secondary N) is 3. The predicted molar refractivity (Wildman–Crippen MR) is 110 cm³/mol. The third-order valence-electron chi connectivity index (χ3n) is 5.11. The van der Waals surface area contributed by atoms with Crippen molar-refractivity contribution in [3.8, 4) is 0 Å². The Hall–Kier alpha value is -2.73. The molecule has 0 saturated heterocycles. The number of aliphatic hydroxyl groups excluding tert-OH is 1. The van der Waals surface area contributed by atoms with Crippen molar-refractivity contribution in [2.24, 2.45) is 17.6 Å². The van der Waals surface area contributed by atoms with Crippen LogP contribution in [0.1, 0.15) is 47.0 Å². The molecule has 6 unspecified atom stereocenters. The molecule has 0 bridgehead atoms. The summed E-state index contributed by atoms with van der Waals surface area (Å²) in [5.74, 6) is -5.76. The minimum atomic E-state index is -1.53. The Balaban J connectivity index is 5.54. The Morgan fingerprint density at radius 3 is 1.58 bits per heavy atom. The van der Waals surface area contributed by atoms with Crippen molar-refractivity contribution < 1.29 is 39.3 Å². The first-order chi connectivity index (χ1) is 14.4. The molecule has 0 fully saturated rings. The van der Waals surface area contributed by atoms with Crippen LogP contribution in [-0.4, -0.2) is 75.8 Å². The normalized spacial score (nSPS) is 16.7. The van der Waals surface area contributed by atoms with Crippen molar-refractivity contribution in [1.29, 1.82) is 0 Å². The molecule has 8 N–H and O–H groups in total. The lowest BCUT2D eigenvalue weighted by Gasteiger charge is -2.29. The Bertz CT molecular complexity index is 657. The molecule has 12 nitrogen and oxygen atoms in total. The number of nitrogens with two attached hydrogens (primary N) is 1. The summed E-state index contributed by atoms with van der Waals surface area (Å²) in [6.07, 6.45) is 0.341. The molecule has 0 aliphatic rings. The van der Waals surface area contributed by atoms with Gasteiger partial charge in [0.2, 0.25) is 17.7 Å². The van der Waals surface area contributed by atoms with E-state index in [9.17, 15) is 24.0 Å². The van der Waals surface area contributed by atoms with Crippen LogP contribution in [0.2, 0.25) is 0 Å². The molecule has 0 rings (SSSR count). The first kappa shape index (κ1) is 28.3. The number of hydrogen-bond acceptors (Lipinski definition) is 7. The lowest BCUT2D eigenvalue weighted by Crippen LogP contribution is -2.60. The van der Waals surface area contributed by atoms with Gasteiger partial charge in [0.1, 0.15) is 18.1 Å². The maximum Gasteiger partial charge on any atom is 0.328 e. The van der Waals surface area contributed by atoms with E-state index in [0.29, 0.717) is 12.8 Å². The van der Waals surface area contributed by atoms with Gasteiger partial charge in [-0.2, -0.15) is 0 Å². The van der Waals surface area contributed by atoms with Crippen LogP contribution in [0.3, 0.4) is 0 Å². The molecule has 0 aromatic carbocycles. The average molecular weight is 447 g/mol. The first-order valence-electron chi connectivity index (χ1n) is 10.1. The van der Waals surface area contributed by atoms with Gasteiger partial charge < -0.3 is 37.0 Å². The summed E-state index contributed by atoms with van der Waals surface area (Å²) in [7, 11) is 0. The smallest absolute Gasteiger partial charge is 0.328 e. The fourth-order valence-electron chi connectivity index (χ4n) is 2.63. The predicted octanol–water partition coefficient (Wildman–Crippen LogP) is -1.59. The second kappa shape index (κ2) is 13.5. The maximum absolute atomic E-state index is 12.9. The van der Waals surface area contributed by atoms with Gasteiger partial charge >= 0.3 is 11.9 Å². The number of carboxylic acid groups (broad SMARTS) is 2. The summed E-state index contributed by atoms with van der Waals surface area (Å²) in [6, 6.07) is -5.10. The van der Waals surface area contributed by atoms with Crippen molar-refractivity contribution in [2.75, 3.05) is 6.61 Å². The van der Waals surface area contributed by atoms with Crippen LogP contribution in [0.15, 0.2) is 0 Å². The summed E-state index contributed by atoms with van der Waals surface area (Å²) in [6.45, 7) is 6.11. The van der Waals surface area contributed by atoms with Crippen LogP contribution in [0.4, 0.5) is 0 Å². The van der Waals surface area contributed by atoms with Crippen LogP contribution >= 0.6 is 0 Å². The molecule has 0 aliphatic carbocycles. The number of aliphatic hydroxyl groups is 1. The minimum absolute atomic E-state index is 0.370. The van der Waals surface area contributed by atoms with Crippen molar-refractivity contribution in [3.05, 3.63) is 0 Å². The third kappa shape index (κ3) is 9.30. The molecule has 178 valence electrons. The Morgan fingerprint density at radius 1 is 0.806 bits per heavy atom. The van der Waals surface area contributed by atoms with Crippen molar-refractivity contribution in [3.63, 3.8) is 0 Å². The molecule has 0 aromatic heterocycles. The summed E-state index contributed by atoms with van der Waals surface area (Å²) >= 11 is 0. The number of rotatable bonds is 14. The molecule has 0 aliphatic heterocycles. The molecule has 0 spiro atoms. The summed E-state index contributed by atoms with van der Waals surface area (Å²) < 4.78 is 0. The molecule has 0 heterocycles. The average Bonchev–Trinajstić information content (AvgIpc) is 2.71. The van der Waals surface area contributed by atoms with Gasteiger partial charge in [-0.3, -0.25) is 19.2 Å². The Labute approximate surface area is 180 Å². The van der Waals surface area contributed by atoms with Gasteiger partial charge in [0.05, 0.1) is 19.1 Å². The highest BCUT2D eigenvalue weighted by Crippen LogP contribution is 2.13. The van der Waals surface area contributed by atoms with E-state index in [0.717, 1.165) is 0 Å². The van der Waals surface area contributed by atoms with Gasteiger partial charge in [-0.25, -0.2) is 4.79 Å². The zero-order chi connectivity index (χ0) is 24.3. The number of carboxylic acids is 2. The van der Waals surface area contributed by atoms with Gasteiger partial charge in [-0.1, -0.05) is 40.5 Å². The fraction of sp³-hybridized carbons (Fsp3) is 0.737. The van der Waals surface area contributed by atoms with Crippen molar-refractivity contribution >= 4 is 29.7 Å². The molecule has 12 heteroatoms. The molecule has 0 saturated carbocycles. The highest BCUT2D eigenvalue weighted by molar-refractivity contribution is 5.95. The number of carbonyl (C=O) groups is 5. The third-order valence-corrected chi connectivity index (χ3v) is 5.11. The lowest BCUT2D eigenvalue weighted by atomic mass is 9.94. The number of aliphatic carboxylic acids is 2. The van der Waals surface area contributed by atoms with Gasteiger partial charge in [0, 0.05) is 0 Å². The highest BCUT2D eigenvalue weighted by atomic mass is 16.4. The van der Waals surface area contributed by atoms with Crippen molar-refractivity contribution in [1.82, 2.24) is 16.0 Å². The van der Waals surface area contributed by atoms with Crippen LogP contribution in [0.5, 0.6) is 0 Å². The molecule has 31 heavy (non-hydrogen) atoms. The van der Waals surface area contributed by atoms with Crippen molar-refractivity contribution in [2.45, 2.75) is 71.1 Å². The van der Waals surface area contributed by atoms with E-state index in [4.69, 9.17) is 21.1 Å². The molecule has 6 atom stereocenters. The topological polar surface area (TPSA) is 208 Å². The van der Waals surface area contributed by atoms with Gasteiger partial charge in [-0.15, -0.1) is 0 Å². The van der Waals surface area contributed by atoms with E-state index >= 15 is 0 Å². The summed E-state index contributed by atoms with van der Waals surface area (Å²) in [5.41, 5.74) is 5.56. The minimum Gasteiger partial charge on any atom is -0.481 e. The van der Waals surface area contributed by atoms with Gasteiger partial charge in [-0.05, 0) is 11.8 Å². The van der Waals surface area contributed by atoms with Gasteiger partial charge in [0.15, 0.2) is 0 Å². The van der Waals surface area contributed by atoms with E-state index in [-0.39, 0.29) is 11.8 Å². The van der Waals surface area contributed by atoms with E-state index in [1.54, 1.807) is 27.7 Å². The van der Waals surface area contributed by atoms with Crippen LogP contribution in [0.25, 0.3) is 0 Å². The van der Waals surface area contributed by atoms with Crippen LogP contribution in [-0.2, 0) is 24.0 Å². The van der Waals surface area contributed by atoms with Gasteiger partial charge in [0.25, 0.3) is 0 Å². The number of hydrogen-bond donors (Lipinski definition) is 7. The molecule has 3 amide bonds. The lowest BCUT2D eigenvalue weighted by molar-refractivity contribution is -0.143. The Kier molecular flexibility index (Phi) is 12.4. The summed E-state index contributed by atoms with van der Waals surface area (Å²) in [4.78, 5) is 59.6. The van der Waals surface area contributed by atoms with E-state index in [2.05, 4.69) is 16.0 Å². The quantitative estimate of drug-likeness (QED) is 0.164. The fourth-order valence-corrected chi connectivity index (χ4v) is 2.63. The van der Waals surface area contributed by atoms with Crippen LogP contribution in [0, 0.1) is 11.8 Å². The zero-order valence-electron chi connectivity index (χ0n) is 18.3.